The van der Waals surface area contributed by atoms with Gasteiger partial charge in [-0.05, 0) is 86.9 Å². The van der Waals surface area contributed by atoms with Gasteiger partial charge in [-0.2, -0.15) is 0 Å². The third-order valence-corrected chi connectivity index (χ3v) is 11.2. The highest BCUT2D eigenvalue weighted by molar-refractivity contribution is 5.69. The lowest BCUT2D eigenvalue weighted by Gasteiger charge is -2.67. The Labute approximate surface area is 198 Å². The van der Waals surface area contributed by atoms with Crippen LogP contribution in [-0.4, -0.2) is 44.2 Å². The molecule has 0 N–H and O–H groups in total. The highest BCUT2D eigenvalue weighted by Gasteiger charge is 2.72. The second-order valence-corrected chi connectivity index (χ2v) is 12.2. The minimum atomic E-state index is -0.339. The Morgan fingerprint density at radius 2 is 1.70 bits per heavy atom. The van der Waals surface area contributed by atoms with Crippen molar-refractivity contribution in [3.05, 3.63) is 0 Å². The Kier molecular flexibility index (Phi) is 5.88. The number of hydrogen-bond acceptors (Lipinski definition) is 6. The van der Waals surface area contributed by atoms with Gasteiger partial charge >= 0.3 is 11.9 Å². The molecule has 6 heteroatoms. The van der Waals surface area contributed by atoms with E-state index in [1.54, 1.807) is 7.11 Å². The zero-order valence-electron chi connectivity index (χ0n) is 21.1. The first-order chi connectivity index (χ1) is 15.7. The van der Waals surface area contributed by atoms with Gasteiger partial charge in [0.2, 0.25) is 0 Å². The molecule has 10 atom stereocenters. The van der Waals surface area contributed by atoms with Crippen molar-refractivity contribution < 1.29 is 28.5 Å². The minimum absolute atomic E-state index is 0.0609. The highest BCUT2D eigenvalue weighted by Crippen LogP contribution is 2.73. The lowest BCUT2D eigenvalue weighted by Crippen LogP contribution is -2.67. The molecule has 0 spiro atoms. The predicted molar refractivity (Wildman–Crippen MR) is 122 cm³/mol. The van der Waals surface area contributed by atoms with Crippen molar-refractivity contribution in [3.8, 4) is 0 Å². The standard InChI is InChI=1S/C27H42O6/c1-16(28)32-18-8-11-25(2)17(14-18)6-7-22-21(25)9-12-26(3)20-10-13-27(22,26)33-24(31-5)19(20)15-23(29)30-4/h17-22,24H,6-15H2,1-5H3/t17-,18-,19+,20-,21+,22-,24-,25+,26-,27-/m1/s1. The first-order valence-corrected chi connectivity index (χ1v) is 13.1. The van der Waals surface area contributed by atoms with Gasteiger partial charge in [0.1, 0.15) is 6.10 Å². The van der Waals surface area contributed by atoms with E-state index in [4.69, 9.17) is 18.9 Å². The molecular formula is C27H42O6. The molecule has 0 aromatic rings. The summed E-state index contributed by atoms with van der Waals surface area (Å²) in [4.78, 5) is 23.8. The van der Waals surface area contributed by atoms with Crippen molar-refractivity contribution in [2.75, 3.05) is 14.2 Å². The van der Waals surface area contributed by atoms with Crippen molar-refractivity contribution in [2.45, 2.75) is 103 Å². The molecule has 1 heterocycles. The number of rotatable bonds is 4. The summed E-state index contributed by atoms with van der Waals surface area (Å²) in [6.07, 6.45) is 10.2. The molecule has 5 aliphatic rings. The third kappa shape index (κ3) is 3.33. The summed E-state index contributed by atoms with van der Waals surface area (Å²) in [6, 6.07) is 0. The fourth-order valence-corrected chi connectivity index (χ4v) is 9.73. The molecule has 33 heavy (non-hydrogen) atoms. The number of fused-ring (bicyclic) bond motifs is 3. The van der Waals surface area contributed by atoms with E-state index in [-0.39, 0.29) is 46.7 Å². The van der Waals surface area contributed by atoms with Crippen LogP contribution in [0.25, 0.3) is 0 Å². The Morgan fingerprint density at radius 1 is 0.939 bits per heavy atom. The molecule has 0 unspecified atom stereocenters. The van der Waals surface area contributed by atoms with E-state index in [1.165, 1.54) is 33.3 Å². The van der Waals surface area contributed by atoms with E-state index >= 15 is 0 Å². The Balaban J connectivity index is 1.42. The van der Waals surface area contributed by atoms with E-state index in [2.05, 4.69) is 13.8 Å². The van der Waals surface area contributed by atoms with E-state index in [9.17, 15) is 9.59 Å². The summed E-state index contributed by atoms with van der Waals surface area (Å²) in [5, 5.41) is 0. The van der Waals surface area contributed by atoms with Crippen LogP contribution in [0.2, 0.25) is 0 Å². The van der Waals surface area contributed by atoms with Crippen LogP contribution in [0.4, 0.5) is 0 Å². The summed E-state index contributed by atoms with van der Waals surface area (Å²) >= 11 is 0. The number of esters is 2. The molecule has 5 rings (SSSR count). The number of ether oxygens (including phenoxy) is 4. The van der Waals surface area contributed by atoms with Gasteiger partial charge < -0.3 is 18.9 Å². The second-order valence-electron chi connectivity index (χ2n) is 12.2. The molecule has 0 aromatic carbocycles. The number of carbonyl (C=O) groups excluding carboxylic acids is 2. The average Bonchev–Trinajstić information content (AvgIpc) is 2.97. The van der Waals surface area contributed by atoms with E-state index < -0.39 is 0 Å². The molecule has 0 aromatic heterocycles. The molecule has 1 saturated heterocycles. The van der Waals surface area contributed by atoms with Crippen LogP contribution in [0.5, 0.6) is 0 Å². The summed E-state index contributed by atoms with van der Waals surface area (Å²) in [7, 11) is 3.19. The SMILES string of the molecule is COC(=O)C[C@@H]1[C@H](OC)O[C@@]23CC[C@H]1[C@@]2(C)CC[C@H]1[C@H]3CC[C@@H]2C[C@H](OC(C)=O)CC[C@@]21C. The van der Waals surface area contributed by atoms with Gasteiger partial charge in [-0.25, -0.2) is 0 Å². The molecule has 5 fully saturated rings. The van der Waals surface area contributed by atoms with E-state index in [0.717, 1.165) is 38.5 Å². The van der Waals surface area contributed by atoms with Gasteiger partial charge in [-0.15, -0.1) is 0 Å². The second kappa shape index (κ2) is 8.22. The molecule has 186 valence electrons. The maximum atomic E-state index is 12.2. The third-order valence-electron chi connectivity index (χ3n) is 11.2. The Bertz CT molecular complexity index is 797. The quantitative estimate of drug-likeness (QED) is 0.555. The van der Waals surface area contributed by atoms with E-state index in [0.29, 0.717) is 30.1 Å². The average molecular weight is 463 g/mol. The number of carbonyl (C=O) groups is 2. The molecule has 6 nitrogen and oxygen atoms in total. The summed E-state index contributed by atoms with van der Waals surface area (Å²) < 4.78 is 23.6. The molecule has 2 bridgehead atoms. The first-order valence-electron chi connectivity index (χ1n) is 13.1. The summed E-state index contributed by atoms with van der Waals surface area (Å²) in [5.41, 5.74) is 0.205. The fourth-order valence-electron chi connectivity index (χ4n) is 9.73. The van der Waals surface area contributed by atoms with Gasteiger partial charge in [-0.3, -0.25) is 9.59 Å². The predicted octanol–water partition coefficient (Wildman–Crippen LogP) is 4.88. The van der Waals surface area contributed by atoms with Crippen molar-refractivity contribution in [1.82, 2.24) is 0 Å². The molecule has 0 radical (unpaired) electrons. The fraction of sp³-hybridized carbons (Fsp3) is 0.926. The highest BCUT2D eigenvalue weighted by atomic mass is 16.7. The van der Waals surface area contributed by atoms with Gasteiger partial charge in [0.25, 0.3) is 0 Å². The van der Waals surface area contributed by atoms with Crippen LogP contribution >= 0.6 is 0 Å². The van der Waals surface area contributed by atoms with Crippen LogP contribution in [-0.2, 0) is 28.5 Å². The van der Waals surface area contributed by atoms with Crippen LogP contribution in [0, 0.1) is 40.4 Å². The maximum Gasteiger partial charge on any atom is 0.305 e. The molecule has 4 saturated carbocycles. The van der Waals surface area contributed by atoms with Crippen molar-refractivity contribution in [3.63, 3.8) is 0 Å². The van der Waals surface area contributed by atoms with Crippen LogP contribution in [0.15, 0.2) is 0 Å². The molecule has 0 amide bonds. The zero-order chi connectivity index (χ0) is 23.6. The van der Waals surface area contributed by atoms with Gasteiger partial charge in [0.05, 0.1) is 19.1 Å². The summed E-state index contributed by atoms with van der Waals surface area (Å²) in [6.45, 7) is 6.49. The molecule has 1 aliphatic heterocycles. The number of methoxy groups -OCH3 is 2. The topological polar surface area (TPSA) is 71.1 Å². The minimum Gasteiger partial charge on any atom is -0.469 e. The van der Waals surface area contributed by atoms with Gasteiger partial charge in [0.15, 0.2) is 6.29 Å². The van der Waals surface area contributed by atoms with Crippen LogP contribution < -0.4 is 0 Å². The Hall–Kier alpha value is -1.14. The smallest absolute Gasteiger partial charge is 0.305 e. The lowest BCUT2D eigenvalue weighted by atomic mass is 9.42. The van der Waals surface area contributed by atoms with Crippen molar-refractivity contribution in [2.24, 2.45) is 40.4 Å². The maximum absolute atomic E-state index is 12.2. The van der Waals surface area contributed by atoms with Crippen molar-refractivity contribution in [1.29, 1.82) is 0 Å². The lowest BCUT2D eigenvalue weighted by molar-refractivity contribution is -0.338. The normalized spacial score (nSPS) is 50.5. The van der Waals surface area contributed by atoms with Crippen LogP contribution in [0.3, 0.4) is 0 Å². The van der Waals surface area contributed by atoms with Crippen molar-refractivity contribution >= 4 is 11.9 Å². The Morgan fingerprint density at radius 3 is 2.39 bits per heavy atom. The van der Waals surface area contributed by atoms with Gasteiger partial charge in [0, 0.05) is 25.4 Å². The van der Waals surface area contributed by atoms with Gasteiger partial charge in [-0.1, -0.05) is 13.8 Å². The largest absolute Gasteiger partial charge is 0.469 e. The zero-order valence-corrected chi connectivity index (χ0v) is 21.1. The summed E-state index contributed by atoms with van der Waals surface area (Å²) in [5.74, 6) is 1.96. The molecular weight excluding hydrogens is 420 g/mol. The first kappa shape index (κ1) is 23.6. The number of hydrogen-bond donors (Lipinski definition) is 0. The molecule has 4 aliphatic carbocycles. The van der Waals surface area contributed by atoms with E-state index in [1.807, 2.05) is 0 Å². The monoisotopic (exact) mass is 462 g/mol. The van der Waals surface area contributed by atoms with Crippen LogP contribution in [0.1, 0.15) is 85.0 Å².